The Morgan fingerprint density at radius 3 is 2.70 bits per heavy atom. The normalized spacial score (nSPS) is 15.0. The lowest BCUT2D eigenvalue weighted by Gasteiger charge is -2.24. The number of rotatable bonds is 5. The molecule has 0 saturated carbocycles. The number of ether oxygens (including phenoxy) is 1. The lowest BCUT2D eigenvalue weighted by molar-refractivity contribution is -0.139. The number of carbonyl (C=O) groups is 1. The van der Waals surface area contributed by atoms with Crippen molar-refractivity contribution in [3.8, 4) is 5.88 Å². The topological polar surface area (TPSA) is 55.3 Å². The summed E-state index contributed by atoms with van der Waals surface area (Å²) in [5.41, 5.74) is 1.77. The molecular weight excluding hydrogens is 406 g/mol. The molecule has 1 amide bonds. The Bertz CT molecular complexity index is 877. The van der Waals surface area contributed by atoms with Crippen molar-refractivity contribution in [2.75, 3.05) is 6.61 Å². The first-order chi connectivity index (χ1) is 12.7. The van der Waals surface area contributed by atoms with Gasteiger partial charge in [-0.3, -0.25) is 4.79 Å². The van der Waals surface area contributed by atoms with E-state index >= 15 is 0 Å². The standard InChI is InChI=1S/C17H14Cl2F3N3O2/c1-9(25-8-12-11(16(25)26)2-4-23-14(12)19)10-6-13(18)15(24-7-10)27-5-3-17(20,21)22/h2,4,6-7,9H,3,5,8H2,1H3. The monoisotopic (exact) mass is 419 g/mol. The highest BCUT2D eigenvalue weighted by Crippen LogP contribution is 2.35. The summed E-state index contributed by atoms with van der Waals surface area (Å²) in [6, 6.07) is 2.76. The van der Waals surface area contributed by atoms with Gasteiger partial charge in [-0.05, 0) is 24.6 Å². The molecule has 0 saturated heterocycles. The zero-order chi connectivity index (χ0) is 19.8. The van der Waals surface area contributed by atoms with Crippen molar-refractivity contribution in [1.82, 2.24) is 14.9 Å². The lowest BCUT2D eigenvalue weighted by atomic mass is 10.1. The summed E-state index contributed by atoms with van der Waals surface area (Å²) in [5.74, 6) is -0.274. The second-order valence-electron chi connectivity index (χ2n) is 6.01. The molecule has 10 heteroatoms. The van der Waals surface area contributed by atoms with E-state index in [1.54, 1.807) is 17.9 Å². The fourth-order valence-corrected chi connectivity index (χ4v) is 3.19. The SMILES string of the molecule is CC(c1cnc(OCCC(F)(F)F)c(Cl)c1)N1Cc2c(ccnc2Cl)C1=O. The van der Waals surface area contributed by atoms with Gasteiger partial charge in [-0.25, -0.2) is 9.97 Å². The third kappa shape index (κ3) is 4.27. The van der Waals surface area contributed by atoms with Gasteiger partial charge < -0.3 is 9.64 Å². The third-order valence-corrected chi connectivity index (χ3v) is 4.82. The second kappa shape index (κ2) is 7.52. The maximum Gasteiger partial charge on any atom is 0.392 e. The minimum absolute atomic E-state index is 0.0744. The van der Waals surface area contributed by atoms with Crippen LogP contribution in [0, 0.1) is 0 Å². The van der Waals surface area contributed by atoms with E-state index in [1.807, 2.05) is 0 Å². The van der Waals surface area contributed by atoms with Crippen LogP contribution in [0.25, 0.3) is 0 Å². The van der Waals surface area contributed by atoms with Crippen LogP contribution in [0.5, 0.6) is 5.88 Å². The molecule has 0 aromatic carbocycles. The number of amides is 1. The number of hydrogen-bond acceptors (Lipinski definition) is 4. The van der Waals surface area contributed by atoms with Gasteiger partial charge in [-0.15, -0.1) is 0 Å². The van der Waals surface area contributed by atoms with Crippen molar-refractivity contribution in [3.05, 3.63) is 51.4 Å². The van der Waals surface area contributed by atoms with Crippen LogP contribution >= 0.6 is 23.2 Å². The number of alkyl halides is 3. The third-order valence-electron chi connectivity index (χ3n) is 4.23. The zero-order valence-corrected chi connectivity index (χ0v) is 15.6. The first kappa shape index (κ1) is 19.7. The Kier molecular flexibility index (Phi) is 5.48. The molecule has 0 spiro atoms. The maximum absolute atomic E-state index is 12.6. The molecule has 0 N–H and O–H groups in total. The maximum atomic E-state index is 12.6. The van der Waals surface area contributed by atoms with Gasteiger partial charge >= 0.3 is 6.18 Å². The highest BCUT2D eigenvalue weighted by atomic mass is 35.5. The number of hydrogen-bond donors (Lipinski definition) is 0. The molecule has 1 unspecified atom stereocenters. The Morgan fingerprint density at radius 2 is 2.07 bits per heavy atom. The van der Waals surface area contributed by atoms with Crippen LogP contribution in [0.3, 0.4) is 0 Å². The van der Waals surface area contributed by atoms with Gasteiger partial charge in [-0.1, -0.05) is 23.2 Å². The highest BCUT2D eigenvalue weighted by molar-refractivity contribution is 6.32. The van der Waals surface area contributed by atoms with Crippen LogP contribution in [-0.2, 0) is 6.54 Å². The van der Waals surface area contributed by atoms with Gasteiger partial charge in [0.2, 0.25) is 5.88 Å². The molecule has 0 radical (unpaired) electrons. The molecule has 1 aliphatic heterocycles. The van der Waals surface area contributed by atoms with Crippen LogP contribution in [0.1, 0.15) is 40.9 Å². The van der Waals surface area contributed by atoms with Crippen molar-refractivity contribution >= 4 is 29.1 Å². The summed E-state index contributed by atoms with van der Waals surface area (Å²) in [6.07, 6.45) is -2.52. The summed E-state index contributed by atoms with van der Waals surface area (Å²) in [6.45, 7) is 1.52. The molecule has 27 heavy (non-hydrogen) atoms. The largest absolute Gasteiger partial charge is 0.476 e. The number of fused-ring (bicyclic) bond motifs is 1. The zero-order valence-electron chi connectivity index (χ0n) is 14.1. The fourth-order valence-electron chi connectivity index (χ4n) is 2.75. The molecule has 1 atom stereocenters. The average molecular weight is 420 g/mol. The molecule has 0 bridgehead atoms. The van der Waals surface area contributed by atoms with Crippen molar-refractivity contribution < 1.29 is 22.7 Å². The highest BCUT2D eigenvalue weighted by Gasteiger charge is 2.33. The minimum atomic E-state index is -4.32. The summed E-state index contributed by atoms with van der Waals surface area (Å²) >= 11 is 12.1. The van der Waals surface area contributed by atoms with Crippen molar-refractivity contribution in [2.45, 2.75) is 32.1 Å². The van der Waals surface area contributed by atoms with Crippen molar-refractivity contribution in [1.29, 1.82) is 0 Å². The second-order valence-corrected chi connectivity index (χ2v) is 6.77. The van der Waals surface area contributed by atoms with Crippen LogP contribution in [0.4, 0.5) is 13.2 Å². The van der Waals surface area contributed by atoms with Gasteiger partial charge in [0, 0.05) is 23.5 Å². The van der Waals surface area contributed by atoms with E-state index in [1.165, 1.54) is 18.5 Å². The van der Waals surface area contributed by atoms with Crippen molar-refractivity contribution in [2.24, 2.45) is 0 Å². The van der Waals surface area contributed by atoms with Crippen molar-refractivity contribution in [3.63, 3.8) is 0 Å². The number of halogens is 5. The molecule has 2 aromatic rings. The van der Waals surface area contributed by atoms with Crippen LogP contribution in [0.15, 0.2) is 24.5 Å². The quantitative estimate of drug-likeness (QED) is 0.651. The predicted octanol–water partition coefficient (Wildman–Crippen LogP) is 4.83. The molecule has 144 valence electrons. The predicted molar refractivity (Wildman–Crippen MR) is 92.9 cm³/mol. The fraction of sp³-hybridized carbons (Fsp3) is 0.353. The van der Waals surface area contributed by atoms with E-state index < -0.39 is 19.2 Å². The summed E-state index contributed by atoms with van der Waals surface area (Å²) < 4.78 is 41.6. The van der Waals surface area contributed by atoms with E-state index in [-0.39, 0.29) is 28.0 Å². The van der Waals surface area contributed by atoms with E-state index in [4.69, 9.17) is 27.9 Å². The molecule has 0 aliphatic carbocycles. The number of aromatic nitrogens is 2. The Labute approximate surface area is 163 Å². The molecule has 1 aliphatic rings. The number of nitrogens with zero attached hydrogens (tertiary/aromatic N) is 3. The van der Waals surface area contributed by atoms with E-state index in [9.17, 15) is 18.0 Å². The van der Waals surface area contributed by atoms with Gasteiger partial charge in [-0.2, -0.15) is 13.2 Å². The summed E-state index contributed by atoms with van der Waals surface area (Å²) in [5, 5.41) is 0.352. The van der Waals surface area contributed by atoms with Crippen LogP contribution in [0.2, 0.25) is 10.2 Å². The average Bonchev–Trinajstić information content (AvgIpc) is 2.93. The molecule has 0 fully saturated rings. The van der Waals surface area contributed by atoms with Gasteiger partial charge in [0.25, 0.3) is 5.91 Å². The summed E-state index contributed by atoms with van der Waals surface area (Å²) in [7, 11) is 0. The first-order valence-electron chi connectivity index (χ1n) is 7.96. The van der Waals surface area contributed by atoms with E-state index in [0.29, 0.717) is 23.2 Å². The number of pyridine rings is 2. The molecule has 3 heterocycles. The van der Waals surface area contributed by atoms with Gasteiger partial charge in [0.1, 0.15) is 10.2 Å². The smallest absolute Gasteiger partial charge is 0.392 e. The molecular formula is C17H14Cl2F3N3O2. The van der Waals surface area contributed by atoms with Crippen LogP contribution < -0.4 is 4.74 Å². The molecule has 3 rings (SSSR count). The number of carbonyl (C=O) groups excluding carboxylic acids is 1. The van der Waals surface area contributed by atoms with E-state index in [0.717, 1.165) is 0 Å². The van der Waals surface area contributed by atoms with E-state index in [2.05, 4.69) is 9.97 Å². The minimum Gasteiger partial charge on any atom is -0.476 e. The van der Waals surface area contributed by atoms with Gasteiger partial charge in [0.05, 0.1) is 25.6 Å². The molecule has 5 nitrogen and oxygen atoms in total. The lowest BCUT2D eigenvalue weighted by Crippen LogP contribution is -2.27. The summed E-state index contributed by atoms with van der Waals surface area (Å²) in [4.78, 5) is 22.2. The van der Waals surface area contributed by atoms with Crippen LogP contribution in [-0.4, -0.2) is 33.6 Å². The Hall–Kier alpha value is -2.06. The Balaban J connectivity index is 1.73. The first-order valence-corrected chi connectivity index (χ1v) is 8.72. The van der Waals surface area contributed by atoms with Gasteiger partial charge in [0.15, 0.2) is 0 Å². The molecule has 2 aromatic heterocycles. The Morgan fingerprint density at radius 1 is 1.33 bits per heavy atom.